The molecule has 3 N–H and O–H groups in total. The molecule has 0 aliphatic carbocycles. The Kier molecular flexibility index (Phi) is 4.62. The molecule has 0 saturated heterocycles. The van der Waals surface area contributed by atoms with E-state index in [1.807, 2.05) is 42.2 Å². The van der Waals surface area contributed by atoms with E-state index in [1.165, 1.54) is 6.07 Å². The summed E-state index contributed by atoms with van der Waals surface area (Å²) in [6, 6.07) is 4.89. The molecule has 0 spiro atoms. The molecule has 31 heavy (non-hydrogen) atoms. The average Bonchev–Trinajstić information content (AvgIpc) is 3.45. The highest BCUT2D eigenvalue weighted by Crippen LogP contribution is 2.31. The lowest BCUT2D eigenvalue weighted by Gasteiger charge is -2.13. The molecule has 1 atom stereocenters. The van der Waals surface area contributed by atoms with Crippen LogP contribution in [0.3, 0.4) is 0 Å². The third-order valence-corrected chi connectivity index (χ3v) is 5.62. The highest BCUT2D eigenvalue weighted by molar-refractivity contribution is 5.76. The van der Waals surface area contributed by atoms with Crippen LogP contribution >= 0.6 is 0 Å². The number of fused-ring (bicyclic) bond motifs is 2. The summed E-state index contributed by atoms with van der Waals surface area (Å²) in [7, 11) is 1.89. The second-order valence-corrected chi connectivity index (χ2v) is 7.89. The van der Waals surface area contributed by atoms with Crippen LogP contribution < -0.4 is 15.8 Å². The lowest BCUT2D eigenvalue weighted by atomic mass is 10.0. The van der Waals surface area contributed by atoms with Crippen molar-refractivity contribution in [2.45, 2.75) is 32.9 Å². The van der Waals surface area contributed by atoms with E-state index in [4.69, 9.17) is 15.5 Å². The zero-order chi connectivity index (χ0) is 21.7. The van der Waals surface area contributed by atoms with Gasteiger partial charge in [0.15, 0.2) is 5.65 Å². The van der Waals surface area contributed by atoms with E-state index in [1.54, 1.807) is 12.3 Å². The van der Waals surface area contributed by atoms with E-state index in [2.05, 4.69) is 15.4 Å². The molecule has 3 aromatic heterocycles. The molecule has 0 fully saturated rings. The Balaban J connectivity index is 1.57. The van der Waals surface area contributed by atoms with Crippen molar-refractivity contribution < 1.29 is 9.13 Å². The van der Waals surface area contributed by atoms with Gasteiger partial charge >= 0.3 is 0 Å². The van der Waals surface area contributed by atoms with Gasteiger partial charge in [0.25, 0.3) is 0 Å². The smallest absolute Gasteiger partial charge is 0.208 e. The zero-order valence-electron chi connectivity index (χ0n) is 17.7. The van der Waals surface area contributed by atoms with E-state index >= 15 is 0 Å². The van der Waals surface area contributed by atoms with Crippen LogP contribution in [0.2, 0.25) is 0 Å². The number of ether oxygens (including phenoxy) is 1. The van der Waals surface area contributed by atoms with Crippen LogP contribution in [-0.4, -0.2) is 30.8 Å². The fourth-order valence-electron chi connectivity index (χ4n) is 4.06. The van der Waals surface area contributed by atoms with Crippen LogP contribution in [0.15, 0.2) is 30.6 Å². The number of nitrogens with zero attached hydrogens (tertiary/aromatic N) is 5. The minimum absolute atomic E-state index is 0.235. The number of aryl methyl sites for hydroxylation is 2. The number of nitrogens with one attached hydrogen (secondary N) is 1. The minimum atomic E-state index is -0.253. The van der Waals surface area contributed by atoms with Crippen molar-refractivity contribution in [3.8, 4) is 17.0 Å². The number of imidazole rings is 1. The predicted octanol–water partition coefficient (Wildman–Crippen LogP) is 3.14. The second kappa shape index (κ2) is 7.35. The zero-order valence-corrected chi connectivity index (χ0v) is 17.7. The SMILES string of the molecule is Cc1cc(-c2cnc(NCc3c(F)ccc4c3CCO4)n3cc(C(C)N)nc23)n(C)n1. The molecule has 8 nitrogen and oxygen atoms in total. The number of anilines is 1. The summed E-state index contributed by atoms with van der Waals surface area (Å²) < 4.78 is 23.8. The van der Waals surface area contributed by atoms with Gasteiger partial charge < -0.3 is 15.8 Å². The first-order valence-corrected chi connectivity index (χ1v) is 10.2. The van der Waals surface area contributed by atoms with Crippen molar-refractivity contribution in [3.05, 3.63) is 58.9 Å². The van der Waals surface area contributed by atoms with Crippen LogP contribution in [0, 0.1) is 12.7 Å². The molecule has 5 rings (SSSR count). The maximum Gasteiger partial charge on any atom is 0.208 e. The number of benzene rings is 1. The van der Waals surface area contributed by atoms with Crippen LogP contribution in [0.1, 0.15) is 35.5 Å². The van der Waals surface area contributed by atoms with Crippen LogP contribution in [-0.2, 0) is 20.0 Å². The van der Waals surface area contributed by atoms with Crippen molar-refractivity contribution in [1.82, 2.24) is 24.1 Å². The fraction of sp³-hybridized carbons (Fsp3) is 0.318. The quantitative estimate of drug-likeness (QED) is 0.514. The monoisotopic (exact) mass is 421 g/mol. The summed E-state index contributed by atoms with van der Waals surface area (Å²) >= 11 is 0. The molecule has 1 aliphatic heterocycles. The largest absolute Gasteiger partial charge is 0.493 e. The van der Waals surface area contributed by atoms with Gasteiger partial charge in [-0.3, -0.25) is 9.08 Å². The van der Waals surface area contributed by atoms with Gasteiger partial charge in [0.2, 0.25) is 5.95 Å². The standard InChI is InChI=1S/C22H24FN7O/c1-12-8-19(29(3)28-12)16-10-26-22(30-11-18(13(2)24)27-21(16)30)25-9-15-14-6-7-31-20(14)5-4-17(15)23/h4-5,8,10-11,13H,6-7,9,24H2,1-3H3,(H,25,26). The number of nitrogens with two attached hydrogens (primary N) is 1. The summed E-state index contributed by atoms with van der Waals surface area (Å²) in [6.07, 6.45) is 4.34. The van der Waals surface area contributed by atoms with Crippen LogP contribution in [0.25, 0.3) is 16.9 Å². The van der Waals surface area contributed by atoms with Gasteiger partial charge in [-0.05, 0) is 32.0 Å². The molecule has 9 heteroatoms. The van der Waals surface area contributed by atoms with Gasteiger partial charge in [0.05, 0.1) is 29.3 Å². The highest BCUT2D eigenvalue weighted by atomic mass is 19.1. The topological polar surface area (TPSA) is 95.3 Å². The molecule has 4 aromatic rings. The number of hydrogen-bond donors (Lipinski definition) is 2. The normalized spacial score (nSPS) is 14.0. The predicted molar refractivity (Wildman–Crippen MR) is 115 cm³/mol. The van der Waals surface area contributed by atoms with Crippen molar-refractivity contribution in [2.24, 2.45) is 12.8 Å². The lowest BCUT2D eigenvalue weighted by Crippen LogP contribution is -2.10. The van der Waals surface area contributed by atoms with Crippen molar-refractivity contribution in [2.75, 3.05) is 11.9 Å². The second-order valence-electron chi connectivity index (χ2n) is 7.89. The third-order valence-electron chi connectivity index (χ3n) is 5.62. The Morgan fingerprint density at radius 3 is 2.94 bits per heavy atom. The lowest BCUT2D eigenvalue weighted by molar-refractivity contribution is 0.356. The van der Waals surface area contributed by atoms with Gasteiger partial charge in [-0.2, -0.15) is 5.10 Å². The maximum atomic E-state index is 14.5. The van der Waals surface area contributed by atoms with Gasteiger partial charge in [-0.15, -0.1) is 0 Å². The Hall–Kier alpha value is -3.46. The van der Waals surface area contributed by atoms with Gasteiger partial charge in [-0.1, -0.05) is 0 Å². The minimum Gasteiger partial charge on any atom is -0.493 e. The number of halogens is 1. The summed E-state index contributed by atoms with van der Waals surface area (Å²) in [5.41, 5.74) is 11.7. The van der Waals surface area contributed by atoms with Gasteiger partial charge in [0, 0.05) is 49.6 Å². The van der Waals surface area contributed by atoms with Crippen molar-refractivity contribution in [3.63, 3.8) is 0 Å². The molecule has 0 amide bonds. The molecule has 0 saturated carbocycles. The first-order chi connectivity index (χ1) is 14.9. The molecule has 0 radical (unpaired) electrons. The molecule has 0 bridgehead atoms. The molecular formula is C22H24FN7O. The van der Waals surface area contributed by atoms with Crippen molar-refractivity contribution in [1.29, 1.82) is 0 Å². The van der Waals surface area contributed by atoms with Gasteiger partial charge in [0.1, 0.15) is 11.6 Å². The Labute approximate surface area is 178 Å². The molecule has 1 unspecified atom stereocenters. The summed E-state index contributed by atoms with van der Waals surface area (Å²) in [4.78, 5) is 9.37. The van der Waals surface area contributed by atoms with E-state index < -0.39 is 0 Å². The third kappa shape index (κ3) is 3.31. The molecule has 4 heterocycles. The fourth-order valence-corrected chi connectivity index (χ4v) is 4.06. The highest BCUT2D eigenvalue weighted by Gasteiger charge is 2.21. The number of rotatable bonds is 5. The molecule has 1 aromatic carbocycles. The summed E-state index contributed by atoms with van der Waals surface area (Å²) in [5.74, 6) is 1.06. The average molecular weight is 421 g/mol. The van der Waals surface area contributed by atoms with E-state index in [9.17, 15) is 4.39 Å². The van der Waals surface area contributed by atoms with E-state index in [0.29, 0.717) is 24.5 Å². The van der Waals surface area contributed by atoms with Gasteiger partial charge in [-0.25, -0.2) is 14.4 Å². The van der Waals surface area contributed by atoms with E-state index in [0.717, 1.165) is 39.6 Å². The first kappa shape index (κ1) is 19.5. The van der Waals surface area contributed by atoms with Crippen LogP contribution in [0.4, 0.5) is 10.3 Å². The molecule has 160 valence electrons. The summed E-state index contributed by atoms with van der Waals surface area (Å²) in [5, 5.41) is 7.71. The Bertz CT molecular complexity index is 1290. The Morgan fingerprint density at radius 2 is 2.19 bits per heavy atom. The number of hydrogen-bond acceptors (Lipinski definition) is 6. The van der Waals surface area contributed by atoms with Crippen molar-refractivity contribution >= 4 is 11.6 Å². The maximum absolute atomic E-state index is 14.5. The molecule has 1 aliphatic rings. The Morgan fingerprint density at radius 1 is 1.35 bits per heavy atom. The number of aromatic nitrogens is 5. The summed E-state index contributed by atoms with van der Waals surface area (Å²) in [6.45, 7) is 4.70. The van der Waals surface area contributed by atoms with E-state index in [-0.39, 0.29) is 18.4 Å². The first-order valence-electron chi connectivity index (χ1n) is 10.2. The van der Waals surface area contributed by atoms with Crippen LogP contribution in [0.5, 0.6) is 5.75 Å². The molecular weight excluding hydrogens is 397 g/mol.